The lowest BCUT2D eigenvalue weighted by Gasteiger charge is -2.10. The minimum atomic E-state index is 0.588. The van der Waals surface area contributed by atoms with Gasteiger partial charge in [0.05, 0.1) is 16.4 Å². The van der Waals surface area contributed by atoms with Crippen molar-refractivity contribution < 1.29 is 0 Å². The predicted molar refractivity (Wildman–Crippen MR) is 83.3 cm³/mol. The van der Waals surface area contributed by atoms with E-state index in [1.54, 1.807) is 12.1 Å². The van der Waals surface area contributed by atoms with Crippen LogP contribution in [0.25, 0.3) is 0 Å². The molecule has 17 heavy (non-hydrogen) atoms. The van der Waals surface area contributed by atoms with E-state index in [2.05, 4.69) is 27.9 Å². The van der Waals surface area contributed by atoms with Gasteiger partial charge in [0.25, 0.3) is 0 Å². The molecule has 0 saturated heterocycles. The maximum atomic E-state index is 6.09. The zero-order chi connectivity index (χ0) is 12.4. The van der Waals surface area contributed by atoms with Crippen molar-refractivity contribution in [3.8, 4) is 0 Å². The van der Waals surface area contributed by atoms with Gasteiger partial charge in [-0.2, -0.15) is 0 Å². The molecule has 0 heterocycles. The van der Waals surface area contributed by atoms with Crippen LogP contribution in [-0.4, -0.2) is 0 Å². The third-order valence-electron chi connectivity index (χ3n) is 2.19. The number of nitrogens with one attached hydrogen (secondary N) is 1. The van der Waals surface area contributed by atoms with Gasteiger partial charge in [0.1, 0.15) is 0 Å². The summed E-state index contributed by atoms with van der Waals surface area (Å²) >= 11 is 14.2. The Morgan fingerprint density at radius 3 is 2.35 bits per heavy atom. The van der Waals surface area contributed by atoms with Crippen LogP contribution in [0, 0.1) is 3.57 Å². The number of halogens is 3. The van der Waals surface area contributed by atoms with Gasteiger partial charge in [0, 0.05) is 14.3 Å². The van der Waals surface area contributed by atoms with E-state index in [1.165, 1.54) is 0 Å². The zero-order valence-electron chi connectivity index (χ0n) is 8.68. The van der Waals surface area contributed by atoms with Gasteiger partial charge in [-0.15, -0.1) is 0 Å². The number of benzene rings is 2. The van der Waals surface area contributed by atoms with E-state index in [0.29, 0.717) is 10.0 Å². The van der Waals surface area contributed by atoms with Crippen LogP contribution in [0.15, 0.2) is 36.4 Å². The summed E-state index contributed by atoms with van der Waals surface area (Å²) in [5.41, 5.74) is 8.21. The van der Waals surface area contributed by atoms with Crippen molar-refractivity contribution in [3.05, 3.63) is 50.0 Å². The van der Waals surface area contributed by atoms with Crippen molar-refractivity contribution >= 4 is 62.9 Å². The van der Waals surface area contributed by atoms with Crippen molar-refractivity contribution in [2.24, 2.45) is 0 Å². The molecule has 0 aromatic heterocycles. The molecule has 0 aliphatic heterocycles. The summed E-state index contributed by atoms with van der Waals surface area (Å²) in [5.74, 6) is 0. The average molecular weight is 379 g/mol. The molecular weight excluding hydrogens is 370 g/mol. The number of hydrogen-bond acceptors (Lipinski definition) is 2. The fraction of sp³-hybridized carbons (Fsp3) is 0. The Kier molecular flexibility index (Phi) is 4.01. The van der Waals surface area contributed by atoms with Gasteiger partial charge in [-0.1, -0.05) is 23.2 Å². The monoisotopic (exact) mass is 378 g/mol. The van der Waals surface area contributed by atoms with Gasteiger partial charge in [-0.05, 0) is 59.0 Å². The second-order valence-corrected chi connectivity index (χ2v) is 5.49. The summed E-state index contributed by atoms with van der Waals surface area (Å²) in [6, 6.07) is 11.0. The van der Waals surface area contributed by atoms with E-state index >= 15 is 0 Å². The van der Waals surface area contributed by atoms with Crippen molar-refractivity contribution in [1.82, 2.24) is 0 Å². The molecule has 0 aliphatic rings. The highest BCUT2D eigenvalue weighted by Crippen LogP contribution is 2.30. The molecule has 0 saturated carbocycles. The van der Waals surface area contributed by atoms with Crippen molar-refractivity contribution in [2.45, 2.75) is 0 Å². The molecule has 0 radical (unpaired) electrons. The second-order valence-electron chi connectivity index (χ2n) is 3.49. The molecule has 0 bridgehead atoms. The maximum absolute atomic E-state index is 6.09. The van der Waals surface area contributed by atoms with E-state index in [1.807, 2.05) is 24.3 Å². The first-order valence-corrected chi connectivity index (χ1v) is 6.67. The smallest absolute Gasteiger partial charge is 0.0655 e. The Morgan fingerprint density at radius 2 is 1.71 bits per heavy atom. The summed E-state index contributed by atoms with van der Waals surface area (Å²) in [6.45, 7) is 0. The molecule has 2 aromatic carbocycles. The number of anilines is 3. The third-order valence-corrected chi connectivity index (χ3v) is 3.63. The summed E-state index contributed by atoms with van der Waals surface area (Å²) < 4.78 is 1.04. The van der Waals surface area contributed by atoms with E-state index < -0.39 is 0 Å². The van der Waals surface area contributed by atoms with Gasteiger partial charge in [0.2, 0.25) is 0 Å². The maximum Gasteiger partial charge on any atom is 0.0655 e. The fourth-order valence-corrected chi connectivity index (χ4v) is 2.50. The Hall–Kier alpha value is -0.650. The molecular formula is C12H9Cl2IN2. The Balaban J connectivity index is 2.31. The molecule has 2 aromatic rings. The topological polar surface area (TPSA) is 38.0 Å². The van der Waals surface area contributed by atoms with E-state index in [4.69, 9.17) is 28.9 Å². The standard InChI is InChI=1S/C12H9Cl2IN2/c13-7-1-3-11(9(14)5-7)17-12-4-2-8(16)6-10(12)15/h1-6,17H,16H2. The minimum absolute atomic E-state index is 0.588. The molecule has 0 spiro atoms. The minimum Gasteiger partial charge on any atom is -0.399 e. The lowest BCUT2D eigenvalue weighted by molar-refractivity contribution is 1.52. The fourth-order valence-electron chi connectivity index (χ4n) is 1.37. The second kappa shape index (κ2) is 5.33. The highest BCUT2D eigenvalue weighted by molar-refractivity contribution is 14.1. The van der Waals surface area contributed by atoms with Crippen molar-refractivity contribution in [3.63, 3.8) is 0 Å². The van der Waals surface area contributed by atoms with Crippen LogP contribution >= 0.6 is 45.8 Å². The number of nitrogen functional groups attached to an aromatic ring is 1. The SMILES string of the molecule is Nc1ccc(Nc2ccc(Cl)cc2Cl)c(I)c1. The molecule has 0 atom stereocenters. The Morgan fingerprint density at radius 1 is 1.00 bits per heavy atom. The summed E-state index contributed by atoms with van der Waals surface area (Å²) in [7, 11) is 0. The van der Waals surface area contributed by atoms with Crippen molar-refractivity contribution in [2.75, 3.05) is 11.1 Å². The average Bonchev–Trinajstić information content (AvgIpc) is 2.25. The lowest BCUT2D eigenvalue weighted by atomic mass is 10.2. The normalized spacial score (nSPS) is 10.3. The largest absolute Gasteiger partial charge is 0.399 e. The molecule has 0 fully saturated rings. The van der Waals surface area contributed by atoms with Crippen LogP contribution in [0.2, 0.25) is 10.0 Å². The molecule has 0 aliphatic carbocycles. The van der Waals surface area contributed by atoms with Gasteiger partial charge in [-0.25, -0.2) is 0 Å². The van der Waals surface area contributed by atoms with Crippen LogP contribution in [0.4, 0.5) is 17.1 Å². The highest BCUT2D eigenvalue weighted by Gasteiger charge is 2.04. The van der Waals surface area contributed by atoms with Crippen LogP contribution < -0.4 is 11.1 Å². The van der Waals surface area contributed by atoms with Gasteiger partial charge in [-0.3, -0.25) is 0 Å². The molecule has 3 N–H and O–H groups in total. The van der Waals surface area contributed by atoms with Crippen LogP contribution in [0.5, 0.6) is 0 Å². The van der Waals surface area contributed by atoms with E-state index in [9.17, 15) is 0 Å². The summed E-state index contributed by atoms with van der Waals surface area (Å²) in [6.07, 6.45) is 0. The Labute approximate surface area is 123 Å². The third kappa shape index (κ3) is 3.18. The molecule has 88 valence electrons. The first kappa shape index (κ1) is 12.8. The first-order valence-electron chi connectivity index (χ1n) is 4.83. The first-order chi connectivity index (χ1) is 8.06. The number of hydrogen-bond donors (Lipinski definition) is 2. The van der Waals surface area contributed by atoms with Crippen LogP contribution in [-0.2, 0) is 0 Å². The Bertz CT molecular complexity index is 509. The summed E-state index contributed by atoms with van der Waals surface area (Å²) in [4.78, 5) is 0. The number of nitrogens with two attached hydrogens (primary N) is 1. The van der Waals surface area contributed by atoms with Crippen LogP contribution in [0.3, 0.4) is 0 Å². The van der Waals surface area contributed by atoms with Gasteiger partial charge >= 0.3 is 0 Å². The molecule has 5 heteroatoms. The van der Waals surface area contributed by atoms with Gasteiger partial charge < -0.3 is 11.1 Å². The zero-order valence-corrected chi connectivity index (χ0v) is 12.3. The number of rotatable bonds is 2. The van der Waals surface area contributed by atoms with Gasteiger partial charge in [0.15, 0.2) is 0 Å². The quantitative estimate of drug-likeness (QED) is 0.574. The lowest BCUT2D eigenvalue weighted by Crippen LogP contribution is -1.95. The highest BCUT2D eigenvalue weighted by atomic mass is 127. The van der Waals surface area contributed by atoms with Crippen molar-refractivity contribution in [1.29, 1.82) is 0 Å². The summed E-state index contributed by atoms with van der Waals surface area (Å²) in [5, 5.41) is 4.45. The molecule has 2 nitrogen and oxygen atoms in total. The molecule has 2 rings (SSSR count). The predicted octanol–water partition coefficient (Wildman–Crippen LogP) is 4.92. The molecule has 0 amide bonds. The van der Waals surface area contributed by atoms with Crippen LogP contribution in [0.1, 0.15) is 0 Å². The molecule has 0 unspecified atom stereocenters. The van der Waals surface area contributed by atoms with E-state index in [-0.39, 0.29) is 0 Å². The van der Waals surface area contributed by atoms with E-state index in [0.717, 1.165) is 20.6 Å².